The molecule has 33 heavy (non-hydrogen) atoms. The van der Waals surface area contributed by atoms with Gasteiger partial charge in [0.2, 0.25) is 0 Å². The van der Waals surface area contributed by atoms with Gasteiger partial charge >= 0.3 is 0 Å². The standard InChI is InChI=1S/C29H50O4/c1-20(8-5-15-28(2,3)33)24-13-14-25-22(9-6-16-29(24,25)4)12-11-21-18-26(31)23(10-7-17-30)27(32)19-21/h11-12,20,23-27,30-33H,5-10,13-19H2,1-4H3/b21-11?,22-12+/t20-,23?,24-,25-,26-,27-,29-/m1/s1. The van der Waals surface area contributed by atoms with Crippen molar-refractivity contribution >= 4 is 0 Å². The van der Waals surface area contributed by atoms with Gasteiger partial charge in [-0.1, -0.05) is 50.0 Å². The lowest BCUT2D eigenvalue weighted by Gasteiger charge is -2.44. The molecule has 0 aromatic carbocycles. The van der Waals surface area contributed by atoms with Crippen LogP contribution in [0.1, 0.15) is 105 Å². The Labute approximate surface area is 202 Å². The van der Waals surface area contributed by atoms with E-state index in [0.29, 0.717) is 42.9 Å². The van der Waals surface area contributed by atoms with Crippen molar-refractivity contribution < 1.29 is 20.4 Å². The quantitative estimate of drug-likeness (QED) is 0.363. The second-order valence-electron chi connectivity index (χ2n) is 12.4. The summed E-state index contributed by atoms with van der Waals surface area (Å²) in [6, 6.07) is 0. The maximum atomic E-state index is 10.6. The second-order valence-corrected chi connectivity index (χ2v) is 12.4. The van der Waals surface area contributed by atoms with E-state index in [-0.39, 0.29) is 12.5 Å². The minimum absolute atomic E-state index is 0.115. The van der Waals surface area contributed by atoms with E-state index >= 15 is 0 Å². The molecule has 0 aliphatic heterocycles. The molecule has 3 aliphatic carbocycles. The number of allylic oxidation sites excluding steroid dienone is 3. The van der Waals surface area contributed by atoms with Crippen LogP contribution in [-0.2, 0) is 0 Å². The van der Waals surface area contributed by atoms with E-state index in [4.69, 9.17) is 5.11 Å². The molecule has 3 fully saturated rings. The molecule has 4 heteroatoms. The normalized spacial score (nSPS) is 37.3. The summed E-state index contributed by atoms with van der Waals surface area (Å²) in [6.07, 6.45) is 15.6. The molecule has 0 aromatic heterocycles. The van der Waals surface area contributed by atoms with Crippen molar-refractivity contribution in [2.75, 3.05) is 6.61 Å². The highest BCUT2D eigenvalue weighted by Crippen LogP contribution is 2.60. The monoisotopic (exact) mass is 462 g/mol. The first-order valence-corrected chi connectivity index (χ1v) is 13.6. The highest BCUT2D eigenvalue weighted by molar-refractivity contribution is 5.26. The molecule has 0 bridgehead atoms. The Morgan fingerprint density at radius 1 is 1.09 bits per heavy atom. The van der Waals surface area contributed by atoms with Gasteiger partial charge in [0, 0.05) is 12.5 Å². The third kappa shape index (κ3) is 6.72. The van der Waals surface area contributed by atoms with E-state index in [2.05, 4.69) is 26.0 Å². The van der Waals surface area contributed by atoms with E-state index in [1.165, 1.54) is 38.5 Å². The number of aliphatic hydroxyl groups excluding tert-OH is 3. The molecule has 190 valence electrons. The van der Waals surface area contributed by atoms with Crippen molar-refractivity contribution in [3.05, 3.63) is 23.3 Å². The smallest absolute Gasteiger partial charge is 0.0630 e. The van der Waals surface area contributed by atoms with Gasteiger partial charge in [0.15, 0.2) is 0 Å². The Bertz CT molecular complexity index is 676. The Hall–Kier alpha value is -0.680. The SMILES string of the molecule is C[C@H](CCCC(C)(C)O)[C@H]1CC[C@@H]2/C(=C/C=C3C[C@@H](O)C(CCCO)[C@H](O)C3)CCC[C@@]21C. The van der Waals surface area contributed by atoms with Crippen LogP contribution in [0.3, 0.4) is 0 Å². The molecule has 4 nitrogen and oxygen atoms in total. The van der Waals surface area contributed by atoms with Crippen molar-refractivity contribution in [3.8, 4) is 0 Å². The van der Waals surface area contributed by atoms with Crippen LogP contribution in [0.2, 0.25) is 0 Å². The van der Waals surface area contributed by atoms with Crippen LogP contribution in [0.4, 0.5) is 0 Å². The summed E-state index contributed by atoms with van der Waals surface area (Å²) in [5.74, 6) is 1.99. The third-order valence-electron chi connectivity index (χ3n) is 9.33. The Kier molecular flexibility index (Phi) is 9.27. The molecule has 6 atom stereocenters. The van der Waals surface area contributed by atoms with Gasteiger partial charge in [-0.2, -0.15) is 0 Å². The number of hydrogen-bond donors (Lipinski definition) is 4. The van der Waals surface area contributed by atoms with Crippen LogP contribution in [0.5, 0.6) is 0 Å². The molecular weight excluding hydrogens is 412 g/mol. The van der Waals surface area contributed by atoms with Crippen molar-refractivity contribution in [2.24, 2.45) is 29.1 Å². The maximum absolute atomic E-state index is 10.6. The fourth-order valence-electron chi connectivity index (χ4n) is 7.52. The lowest BCUT2D eigenvalue weighted by Crippen LogP contribution is -2.37. The summed E-state index contributed by atoms with van der Waals surface area (Å²) in [5, 5.41) is 40.3. The first-order valence-electron chi connectivity index (χ1n) is 13.6. The Morgan fingerprint density at radius 3 is 2.42 bits per heavy atom. The third-order valence-corrected chi connectivity index (χ3v) is 9.33. The zero-order chi connectivity index (χ0) is 24.2. The lowest BCUT2D eigenvalue weighted by molar-refractivity contribution is -0.0119. The lowest BCUT2D eigenvalue weighted by atomic mass is 9.60. The summed E-state index contributed by atoms with van der Waals surface area (Å²) >= 11 is 0. The van der Waals surface area contributed by atoms with Gasteiger partial charge in [-0.25, -0.2) is 0 Å². The van der Waals surface area contributed by atoms with Crippen molar-refractivity contribution in [1.82, 2.24) is 0 Å². The molecule has 3 aliphatic rings. The largest absolute Gasteiger partial charge is 0.396 e. The Morgan fingerprint density at radius 2 is 1.79 bits per heavy atom. The van der Waals surface area contributed by atoms with Gasteiger partial charge in [0.25, 0.3) is 0 Å². The number of hydrogen-bond acceptors (Lipinski definition) is 4. The van der Waals surface area contributed by atoms with Gasteiger partial charge in [-0.15, -0.1) is 0 Å². The zero-order valence-corrected chi connectivity index (χ0v) is 21.6. The van der Waals surface area contributed by atoms with Gasteiger partial charge < -0.3 is 20.4 Å². The minimum atomic E-state index is -0.560. The van der Waals surface area contributed by atoms with Crippen molar-refractivity contribution in [1.29, 1.82) is 0 Å². The minimum Gasteiger partial charge on any atom is -0.396 e. The first-order chi connectivity index (χ1) is 15.5. The van der Waals surface area contributed by atoms with E-state index in [1.54, 1.807) is 5.57 Å². The fourth-order valence-corrected chi connectivity index (χ4v) is 7.52. The zero-order valence-electron chi connectivity index (χ0n) is 21.6. The van der Waals surface area contributed by atoms with Crippen molar-refractivity contribution in [3.63, 3.8) is 0 Å². The van der Waals surface area contributed by atoms with Crippen molar-refractivity contribution in [2.45, 2.75) is 123 Å². The number of fused-ring (bicyclic) bond motifs is 1. The summed E-state index contributed by atoms with van der Waals surface area (Å²) < 4.78 is 0. The van der Waals surface area contributed by atoms with Gasteiger partial charge in [-0.3, -0.25) is 0 Å². The fraction of sp³-hybridized carbons (Fsp3) is 0.862. The maximum Gasteiger partial charge on any atom is 0.0630 e. The predicted molar refractivity (Wildman–Crippen MR) is 135 cm³/mol. The van der Waals surface area contributed by atoms with Crippen LogP contribution in [0, 0.1) is 29.1 Å². The van der Waals surface area contributed by atoms with E-state index in [0.717, 1.165) is 24.3 Å². The van der Waals surface area contributed by atoms with Crippen LogP contribution in [-0.4, -0.2) is 44.8 Å². The highest BCUT2D eigenvalue weighted by Gasteiger charge is 2.50. The van der Waals surface area contributed by atoms with Crippen LogP contribution in [0.15, 0.2) is 23.3 Å². The summed E-state index contributed by atoms with van der Waals surface area (Å²) in [4.78, 5) is 0. The molecule has 3 rings (SSSR count). The van der Waals surface area contributed by atoms with E-state index in [1.807, 2.05) is 13.8 Å². The molecule has 0 saturated heterocycles. The molecule has 0 aromatic rings. The molecule has 3 saturated carbocycles. The summed E-state index contributed by atoms with van der Waals surface area (Å²) in [5.41, 5.74) is 2.55. The molecule has 0 heterocycles. The summed E-state index contributed by atoms with van der Waals surface area (Å²) in [7, 11) is 0. The van der Waals surface area contributed by atoms with Crippen LogP contribution < -0.4 is 0 Å². The molecule has 0 radical (unpaired) electrons. The van der Waals surface area contributed by atoms with Gasteiger partial charge in [0.05, 0.1) is 17.8 Å². The average molecular weight is 463 g/mol. The Balaban J connectivity index is 1.64. The van der Waals surface area contributed by atoms with Gasteiger partial charge in [-0.05, 0) is 101 Å². The van der Waals surface area contributed by atoms with Crippen LogP contribution >= 0.6 is 0 Å². The number of rotatable bonds is 9. The molecule has 4 N–H and O–H groups in total. The average Bonchev–Trinajstić information content (AvgIpc) is 3.08. The summed E-state index contributed by atoms with van der Waals surface area (Å²) in [6.45, 7) is 8.90. The molecular formula is C29H50O4. The molecule has 0 unspecified atom stereocenters. The van der Waals surface area contributed by atoms with E-state index in [9.17, 15) is 15.3 Å². The van der Waals surface area contributed by atoms with Crippen LogP contribution in [0.25, 0.3) is 0 Å². The van der Waals surface area contributed by atoms with Gasteiger partial charge in [0.1, 0.15) is 0 Å². The highest BCUT2D eigenvalue weighted by atomic mass is 16.3. The second kappa shape index (κ2) is 11.4. The first kappa shape index (κ1) is 26.9. The number of aliphatic hydroxyl groups is 4. The molecule has 0 amide bonds. The topological polar surface area (TPSA) is 80.9 Å². The molecule has 0 spiro atoms. The predicted octanol–water partition coefficient (Wildman–Crippen LogP) is 5.54. The van der Waals surface area contributed by atoms with E-state index < -0.39 is 17.8 Å².